The van der Waals surface area contributed by atoms with Crippen molar-refractivity contribution in [2.75, 3.05) is 0 Å². The summed E-state index contributed by atoms with van der Waals surface area (Å²) >= 11 is 11.0. The van der Waals surface area contributed by atoms with Gasteiger partial charge in [-0.05, 0) is 58.0 Å². The van der Waals surface area contributed by atoms with Gasteiger partial charge in [-0.25, -0.2) is 0 Å². The molecular weight excluding hydrogens is 414 g/mol. The van der Waals surface area contributed by atoms with Gasteiger partial charge in [0.1, 0.15) is 0 Å². The van der Waals surface area contributed by atoms with Crippen molar-refractivity contribution in [1.82, 2.24) is 15.2 Å². The highest BCUT2D eigenvalue weighted by molar-refractivity contribution is 9.11. The summed E-state index contributed by atoms with van der Waals surface area (Å²) in [6, 6.07) is 20.9. The molecule has 6 heteroatoms. The number of hydrogen-bond acceptors (Lipinski definition) is 3. The van der Waals surface area contributed by atoms with Gasteiger partial charge in [0.2, 0.25) is 0 Å². The molecule has 0 spiro atoms. The van der Waals surface area contributed by atoms with Crippen molar-refractivity contribution in [3.05, 3.63) is 86.8 Å². The molecule has 0 aliphatic carbocycles. The van der Waals surface area contributed by atoms with E-state index in [4.69, 9.17) is 12.2 Å². The zero-order valence-corrected chi connectivity index (χ0v) is 16.5. The van der Waals surface area contributed by atoms with E-state index in [0.29, 0.717) is 0 Å². The Kier molecular flexibility index (Phi) is 4.83. The van der Waals surface area contributed by atoms with Crippen molar-refractivity contribution in [2.45, 2.75) is 18.6 Å². The van der Waals surface area contributed by atoms with E-state index in [1.54, 1.807) is 11.3 Å². The van der Waals surface area contributed by atoms with Crippen LogP contribution in [-0.2, 0) is 6.54 Å². The molecule has 2 aromatic heterocycles. The molecule has 2 atom stereocenters. The number of nitrogens with one attached hydrogen (secondary N) is 1. The molecule has 1 fully saturated rings. The molecule has 0 unspecified atom stereocenters. The third-order valence-corrected chi connectivity index (χ3v) is 6.33. The Morgan fingerprint density at radius 3 is 2.56 bits per heavy atom. The van der Waals surface area contributed by atoms with Gasteiger partial charge >= 0.3 is 0 Å². The molecule has 0 amide bonds. The van der Waals surface area contributed by atoms with Gasteiger partial charge < -0.3 is 10.2 Å². The fraction of sp³-hybridized carbons (Fsp3) is 0.158. The van der Waals surface area contributed by atoms with Gasteiger partial charge in [-0.3, -0.25) is 4.98 Å². The van der Waals surface area contributed by atoms with E-state index in [9.17, 15) is 0 Å². The molecule has 4 rings (SSSR count). The normalized spacial score (nSPS) is 19.9. The van der Waals surface area contributed by atoms with E-state index in [2.05, 4.69) is 73.6 Å². The first-order valence-electron chi connectivity index (χ1n) is 7.99. The maximum absolute atomic E-state index is 5.68. The maximum atomic E-state index is 5.68. The van der Waals surface area contributed by atoms with Crippen molar-refractivity contribution in [3.63, 3.8) is 0 Å². The summed E-state index contributed by atoms with van der Waals surface area (Å²) in [6.07, 6.45) is 1.83. The van der Waals surface area contributed by atoms with Crippen LogP contribution in [0.2, 0.25) is 0 Å². The third kappa shape index (κ3) is 3.47. The number of hydrogen-bond donors (Lipinski definition) is 1. The van der Waals surface area contributed by atoms with Crippen LogP contribution in [0.1, 0.15) is 28.2 Å². The van der Waals surface area contributed by atoms with Crippen molar-refractivity contribution in [2.24, 2.45) is 0 Å². The molecule has 1 N–H and O–H groups in total. The first-order chi connectivity index (χ1) is 12.2. The molecule has 0 bridgehead atoms. The van der Waals surface area contributed by atoms with Gasteiger partial charge in [-0.15, -0.1) is 11.3 Å². The zero-order valence-electron chi connectivity index (χ0n) is 13.3. The number of rotatable bonds is 4. The zero-order chi connectivity index (χ0) is 17.2. The molecule has 126 valence electrons. The topological polar surface area (TPSA) is 28.2 Å². The molecule has 1 saturated heterocycles. The van der Waals surface area contributed by atoms with Gasteiger partial charge in [0.15, 0.2) is 5.11 Å². The van der Waals surface area contributed by atoms with Crippen LogP contribution in [0.15, 0.2) is 70.6 Å². The lowest BCUT2D eigenvalue weighted by atomic mass is 10.0. The quantitative estimate of drug-likeness (QED) is 0.585. The Morgan fingerprint density at radius 2 is 1.88 bits per heavy atom. The van der Waals surface area contributed by atoms with Crippen LogP contribution < -0.4 is 5.32 Å². The summed E-state index contributed by atoms with van der Waals surface area (Å²) < 4.78 is 1.12. The largest absolute Gasteiger partial charge is 0.352 e. The molecule has 3 nitrogen and oxygen atoms in total. The van der Waals surface area contributed by atoms with E-state index in [-0.39, 0.29) is 12.1 Å². The fourth-order valence-electron chi connectivity index (χ4n) is 3.15. The Morgan fingerprint density at radius 1 is 1.08 bits per heavy atom. The number of halogens is 1. The van der Waals surface area contributed by atoms with Gasteiger partial charge in [0.05, 0.1) is 21.6 Å². The van der Waals surface area contributed by atoms with Crippen LogP contribution in [-0.4, -0.2) is 15.0 Å². The Labute approximate surface area is 164 Å². The number of thiocarbonyl (C=S) groups is 1. The molecule has 0 radical (unpaired) electrons. The Hall–Kier alpha value is -1.76. The Bertz CT molecular complexity index is 867. The highest BCUT2D eigenvalue weighted by Crippen LogP contribution is 2.42. The first kappa shape index (κ1) is 16.7. The molecule has 1 aliphatic rings. The van der Waals surface area contributed by atoms with Crippen molar-refractivity contribution in [3.8, 4) is 0 Å². The standard InChI is InChI=1S/C19H16BrN3S2/c20-16-10-9-15(25-16)18-17(14-8-4-5-11-21-14)22-19(24)23(18)12-13-6-2-1-3-7-13/h1-11,17-18H,12H2,(H,22,24)/t17-,18-/m1/s1. The van der Waals surface area contributed by atoms with Crippen LogP contribution >= 0.6 is 39.5 Å². The molecular formula is C19H16BrN3S2. The Balaban J connectivity index is 1.72. The predicted molar refractivity (Wildman–Crippen MR) is 109 cm³/mol. The van der Waals surface area contributed by atoms with Gasteiger partial charge in [-0.2, -0.15) is 0 Å². The second kappa shape index (κ2) is 7.23. The average Bonchev–Trinajstić information content (AvgIpc) is 3.20. The summed E-state index contributed by atoms with van der Waals surface area (Å²) in [5.41, 5.74) is 2.25. The highest BCUT2D eigenvalue weighted by Gasteiger charge is 2.40. The number of benzene rings is 1. The summed E-state index contributed by atoms with van der Waals surface area (Å²) in [5.74, 6) is 0. The molecule has 1 aliphatic heterocycles. The SMILES string of the molecule is S=C1N[C@H](c2ccccn2)[C@@H](c2ccc(Br)s2)N1Cc1ccccc1. The predicted octanol–water partition coefficient (Wildman–Crippen LogP) is 5.08. The van der Waals surface area contributed by atoms with Crippen LogP contribution in [0.4, 0.5) is 0 Å². The number of aromatic nitrogens is 1. The number of thiophene rings is 1. The second-order valence-corrected chi connectivity index (χ2v) is 8.76. The summed E-state index contributed by atoms with van der Waals surface area (Å²) in [5, 5.41) is 4.26. The summed E-state index contributed by atoms with van der Waals surface area (Å²) in [4.78, 5) is 8.10. The molecule has 3 aromatic rings. The van der Waals surface area contributed by atoms with Crippen LogP contribution in [0.5, 0.6) is 0 Å². The van der Waals surface area contributed by atoms with E-state index in [0.717, 1.165) is 21.1 Å². The highest BCUT2D eigenvalue weighted by atomic mass is 79.9. The lowest BCUT2D eigenvalue weighted by Crippen LogP contribution is -2.28. The minimum absolute atomic E-state index is 0.0444. The molecule has 3 heterocycles. The van der Waals surface area contributed by atoms with Gasteiger partial charge in [0.25, 0.3) is 0 Å². The van der Waals surface area contributed by atoms with Crippen LogP contribution in [0, 0.1) is 0 Å². The van der Waals surface area contributed by atoms with E-state index in [1.807, 2.05) is 24.4 Å². The number of pyridine rings is 1. The third-order valence-electron chi connectivity index (χ3n) is 4.28. The maximum Gasteiger partial charge on any atom is 0.170 e. The average molecular weight is 430 g/mol. The van der Waals surface area contributed by atoms with E-state index < -0.39 is 0 Å². The molecule has 0 saturated carbocycles. The van der Waals surface area contributed by atoms with Crippen molar-refractivity contribution in [1.29, 1.82) is 0 Å². The van der Waals surface area contributed by atoms with Crippen LogP contribution in [0.25, 0.3) is 0 Å². The fourth-order valence-corrected chi connectivity index (χ4v) is 5.03. The van der Waals surface area contributed by atoms with E-state index in [1.165, 1.54) is 10.4 Å². The van der Waals surface area contributed by atoms with Gasteiger partial charge in [0, 0.05) is 17.6 Å². The summed E-state index contributed by atoms with van der Waals surface area (Å²) in [6.45, 7) is 0.774. The second-order valence-electron chi connectivity index (χ2n) is 5.88. The minimum atomic E-state index is 0.0444. The smallest absolute Gasteiger partial charge is 0.170 e. The minimum Gasteiger partial charge on any atom is -0.352 e. The van der Waals surface area contributed by atoms with Gasteiger partial charge in [-0.1, -0.05) is 36.4 Å². The lowest BCUT2D eigenvalue weighted by Gasteiger charge is -2.26. The monoisotopic (exact) mass is 429 g/mol. The van der Waals surface area contributed by atoms with Crippen molar-refractivity contribution < 1.29 is 0 Å². The van der Waals surface area contributed by atoms with E-state index >= 15 is 0 Å². The lowest BCUT2D eigenvalue weighted by molar-refractivity contribution is 0.315. The van der Waals surface area contributed by atoms with Crippen LogP contribution in [0.3, 0.4) is 0 Å². The van der Waals surface area contributed by atoms with Crippen molar-refractivity contribution >= 4 is 44.6 Å². The summed E-state index contributed by atoms with van der Waals surface area (Å²) in [7, 11) is 0. The molecule has 25 heavy (non-hydrogen) atoms. The number of nitrogens with zero attached hydrogens (tertiary/aromatic N) is 2. The molecule has 1 aromatic carbocycles. The first-order valence-corrected chi connectivity index (χ1v) is 10.0.